The van der Waals surface area contributed by atoms with Gasteiger partial charge in [0.1, 0.15) is 0 Å². The second kappa shape index (κ2) is 7.96. The lowest BCUT2D eigenvalue weighted by molar-refractivity contribution is 0.0917. The number of amides is 1. The minimum atomic E-state index is 0.00773. The van der Waals surface area contributed by atoms with Crippen LogP contribution in [0.2, 0.25) is 0 Å². The molecule has 1 aromatic carbocycles. The molecule has 26 heavy (non-hydrogen) atoms. The van der Waals surface area contributed by atoms with E-state index in [1.165, 1.54) is 31.2 Å². The number of aromatic nitrogens is 2. The number of carbonyl (C=O) groups is 1. The molecule has 4 rings (SSSR count). The molecule has 0 N–H and O–H groups in total. The molecule has 1 aromatic heterocycles. The lowest BCUT2D eigenvalue weighted by Gasteiger charge is -2.25. The van der Waals surface area contributed by atoms with Crippen molar-refractivity contribution in [1.29, 1.82) is 0 Å². The fourth-order valence-electron chi connectivity index (χ4n) is 4.08. The van der Waals surface area contributed by atoms with E-state index in [1.807, 2.05) is 18.2 Å². The highest BCUT2D eigenvalue weighted by Gasteiger charge is 2.26. The van der Waals surface area contributed by atoms with Gasteiger partial charge in [0.15, 0.2) is 0 Å². The molecule has 2 aliphatic rings. The molecule has 1 unspecified atom stereocenters. The van der Waals surface area contributed by atoms with Crippen molar-refractivity contribution < 1.29 is 9.53 Å². The molecule has 1 aliphatic heterocycles. The van der Waals surface area contributed by atoms with Crippen LogP contribution in [0.15, 0.2) is 42.7 Å². The Morgan fingerprint density at radius 3 is 2.73 bits per heavy atom. The summed E-state index contributed by atoms with van der Waals surface area (Å²) in [7, 11) is 0. The second-order valence-electron chi connectivity index (χ2n) is 7.26. The minimum absolute atomic E-state index is 0.00773. The van der Waals surface area contributed by atoms with Crippen molar-refractivity contribution in [2.75, 3.05) is 18.1 Å². The van der Waals surface area contributed by atoms with Gasteiger partial charge in [0, 0.05) is 12.2 Å². The average molecular weight is 351 g/mol. The van der Waals surface area contributed by atoms with Gasteiger partial charge in [-0.25, -0.2) is 0 Å². The van der Waals surface area contributed by atoms with Crippen LogP contribution in [0.5, 0.6) is 0 Å². The van der Waals surface area contributed by atoms with Crippen LogP contribution in [0.3, 0.4) is 0 Å². The highest BCUT2D eigenvalue weighted by atomic mass is 16.5. The first-order valence-electron chi connectivity index (χ1n) is 9.61. The van der Waals surface area contributed by atoms with Gasteiger partial charge in [0.25, 0.3) is 5.91 Å². The van der Waals surface area contributed by atoms with Crippen molar-refractivity contribution in [2.24, 2.45) is 0 Å². The van der Waals surface area contributed by atoms with Gasteiger partial charge in [-0.3, -0.25) is 4.79 Å². The quantitative estimate of drug-likeness (QED) is 0.818. The topological polar surface area (TPSA) is 55.3 Å². The molecular formula is C21H25N3O2. The van der Waals surface area contributed by atoms with Crippen LogP contribution in [-0.4, -0.2) is 35.4 Å². The van der Waals surface area contributed by atoms with E-state index in [0.29, 0.717) is 12.5 Å². The third-order valence-corrected chi connectivity index (χ3v) is 5.50. The lowest BCUT2D eigenvalue weighted by atomic mass is 9.95. The largest absolute Gasteiger partial charge is 0.376 e. The van der Waals surface area contributed by atoms with E-state index in [2.05, 4.69) is 22.3 Å². The van der Waals surface area contributed by atoms with Crippen molar-refractivity contribution >= 4 is 11.6 Å². The van der Waals surface area contributed by atoms with E-state index < -0.39 is 0 Å². The summed E-state index contributed by atoms with van der Waals surface area (Å²) in [5.41, 5.74) is 2.80. The summed E-state index contributed by atoms with van der Waals surface area (Å²) in [6.07, 6.45) is 10.4. The van der Waals surface area contributed by atoms with E-state index in [0.717, 1.165) is 30.7 Å². The molecular weight excluding hydrogens is 326 g/mol. The summed E-state index contributed by atoms with van der Waals surface area (Å²) >= 11 is 0. The number of nitrogens with zero attached hydrogens (tertiary/aromatic N) is 3. The summed E-state index contributed by atoms with van der Waals surface area (Å²) in [5, 5.41) is 7.79. The van der Waals surface area contributed by atoms with Gasteiger partial charge in [-0.2, -0.15) is 10.2 Å². The maximum absolute atomic E-state index is 13.3. The molecule has 5 heteroatoms. The number of rotatable bonds is 5. The monoisotopic (exact) mass is 351 g/mol. The predicted molar refractivity (Wildman–Crippen MR) is 100 cm³/mol. The van der Waals surface area contributed by atoms with E-state index in [1.54, 1.807) is 17.3 Å². The molecule has 1 aliphatic carbocycles. The van der Waals surface area contributed by atoms with Gasteiger partial charge in [0.2, 0.25) is 0 Å². The van der Waals surface area contributed by atoms with Crippen LogP contribution in [0, 0.1) is 0 Å². The van der Waals surface area contributed by atoms with Gasteiger partial charge >= 0.3 is 0 Å². The first-order chi connectivity index (χ1) is 12.8. The third-order valence-electron chi connectivity index (χ3n) is 5.50. The third kappa shape index (κ3) is 3.78. The van der Waals surface area contributed by atoms with Crippen LogP contribution < -0.4 is 4.90 Å². The van der Waals surface area contributed by atoms with Gasteiger partial charge in [-0.15, -0.1) is 0 Å². The fourth-order valence-corrected chi connectivity index (χ4v) is 4.08. The number of hydrogen-bond acceptors (Lipinski definition) is 4. The van der Waals surface area contributed by atoms with Crippen molar-refractivity contribution in [3.63, 3.8) is 0 Å². The Bertz CT molecular complexity index is 738. The SMILES string of the molecule is O=C(c1cccc(C2CCCC2)c1)N(CC1CCCO1)c1ccnnc1. The normalized spacial score (nSPS) is 20.4. The van der Waals surface area contributed by atoms with E-state index in [-0.39, 0.29) is 12.0 Å². The van der Waals surface area contributed by atoms with Crippen molar-refractivity contribution in [2.45, 2.75) is 50.5 Å². The Balaban J connectivity index is 1.60. The Morgan fingerprint density at radius 2 is 2.00 bits per heavy atom. The molecule has 5 nitrogen and oxygen atoms in total. The van der Waals surface area contributed by atoms with Crippen LogP contribution in [-0.2, 0) is 4.74 Å². The highest BCUT2D eigenvalue weighted by Crippen LogP contribution is 2.34. The zero-order valence-electron chi connectivity index (χ0n) is 15.0. The first kappa shape index (κ1) is 17.2. The maximum atomic E-state index is 13.3. The molecule has 0 radical (unpaired) electrons. The summed E-state index contributed by atoms with van der Waals surface area (Å²) < 4.78 is 5.77. The Morgan fingerprint density at radius 1 is 1.12 bits per heavy atom. The number of hydrogen-bond donors (Lipinski definition) is 0. The minimum Gasteiger partial charge on any atom is -0.376 e. The van der Waals surface area contributed by atoms with Crippen molar-refractivity contribution in [3.8, 4) is 0 Å². The highest BCUT2D eigenvalue weighted by molar-refractivity contribution is 6.06. The Labute approximate surface area is 154 Å². The molecule has 2 aromatic rings. The number of benzene rings is 1. The van der Waals surface area contributed by atoms with E-state index >= 15 is 0 Å². The standard InChI is InChI=1S/C21H25N3O2/c25-21(18-8-3-7-17(13-18)16-5-1-2-6-16)24(15-20-9-4-12-26-20)19-10-11-22-23-14-19/h3,7-8,10-11,13-14,16,20H,1-2,4-6,9,12,15H2. The molecule has 0 bridgehead atoms. The number of anilines is 1. The van der Waals surface area contributed by atoms with E-state index in [9.17, 15) is 4.79 Å². The van der Waals surface area contributed by atoms with Crippen molar-refractivity contribution in [3.05, 3.63) is 53.9 Å². The first-order valence-corrected chi connectivity index (χ1v) is 9.61. The number of carbonyl (C=O) groups excluding carboxylic acids is 1. The molecule has 1 saturated carbocycles. The molecule has 2 heterocycles. The zero-order chi connectivity index (χ0) is 17.8. The summed E-state index contributed by atoms with van der Waals surface area (Å²) in [4.78, 5) is 15.1. The average Bonchev–Trinajstić information content (AvgIpc) is 3.40. The Kier molecular flexibility index (Phi) is 5.25. The fraction of sp³-hybridized carbons (Fsp3) is 0.476. The van der Waals surface area contributed by atoms with Crippen LogP contribution >= 0.6 is 0 Å². The van der Waals surface area contributed by atoms with Crippen LogP contribution in [0.4, 0.5) is 5.69 Å². The summed E-state index contributed by atoms with van der Waals surface area (Å²) in [6, 6.07) is 10.00. The van der Waals surface area contributed by atoms with E-state index in [4.69, 9.17) is 4.74 Å². The molecule has 136 valence electrons. The smallest absolute Gasteiger partial charge is 0.258 e. The maximum Gasteiger partial charge on any atom is 0.258 e. The molecule has 0 spiro atoms. The molecule has 1 amide bonds. The lowest BCUT2D eigenvalue weighted by Crippen LogP contribution is -2.37. The second-order valence-corrected chi connectivity index (χ2v) is 7.26. The molecule has 1 saturated heterocycles. The van der Waals surface area contributed by atoms with Crippen LogP contribution in [0.1, 0.15) is 60.4 Å². The molecule has 2 fully saturated rings. The van der Waals surface area contributed by atoms with Crippen molar-refractivity contribution in [1.82, 2.24) is 10.2 Å². The predicted octanol–water partition coefficient (Wildman–Crippen LogP) is 3.96. The number of ether oxygens (including phenoxy) is 1. The van der Waals surface area contributed by atoms with Gasteiger partial charge in [0.05, 0.1) is 30.7 Å². The zero-order valence-corrected chi connectivity index (χ0v) is 15.0. The van der Waals surface area contributed by atoms with Gasteiger partial charge in [-0.1, -0.05) is 25.0 Å². The summed E-state index contributed by atoms with van der Waals surface area (Å²) in [6.45, 7) is 1.33. The van der Waals surface area contributed by atoms with Gasteiger partial charge in [-0.05, 0) is 55.4 Å². The van der Waals surface area contributed by atoms with Crippen LogP contribution in [0.25, 0.3) is 0 Å². The van der Waals surface area contributed by atoms with Gasteiger partial charge < -0.3 is 9.64 Å². The Hall–Kier alpha value is -2.27. The molecule has 1 atom stereocenters. The summed E-state index contributed by atoms with van der Waals surface area (Å²) in [5.74, 6) is 0.602.